The fourth-order valence-corrected chi connectivity index (χ4v) is 4.22. The molecule has 0 aromatic carbocycles. The van der Waals surface area contributed by atoms with Crippen LogP contribution in [0.1, 0.15) is 46.0 Å². The van der Waals surface area contributed by atoms with Gasteiger partial charge in [-0.2, -0.15) is 0 Å². The maximum Gasteiger partial charge on any atom is 0.244 e. The Balaban J connectivity index is 1.87. The number of likely N-dealkylation sites (N-methyl/N-ethyl adjacent to an activating group) is 1. The quantitative estimate of drug-likeness (QED) is 0.870. The topological polar surface area (TPSA) is 44.7 Å². The van der Waals surface area contributed by atoms with Crippen molar-refractivity contribution < 1.29 is 4.79 Å². The van der Waals surface area contributed by atoms with Crippen molar-refractivity contribution in [1.29, 1.82) is 0 Å². The highest BCUT2D eigenvalue weighted by atomic mass is 32.2. The normalized spacial score (nSPS) is 23.1. The Labute approximate surface area is 126 Å². The molecule has 0 bridgehead atoms. The Kier molecular flexibility index (Phi) is 5.35. The SMILES string of the molecule is CCN(C)C(=O)C(C)NC1=NCC2(CCCCC2)CS1. The van der Waals surface area contributed by atoms with Gasteiger partial charge in [-0.15, -0.1) is 0 Å². The molecular formula is C15H27N3OS. The van der Waals surface area contributed by atoms with Crippen LogP contribution in [0.25, 0.3) is 0 Å². The average molecular weight is 297 g/mol. The third-order valence-electron chi connectivity index (χ3n) is 4.55. The van der Waals surface area contributed by atoms with Gasteiger partial charge >= 0.3 is 0 Å². The first-order chi connectivity index (χ1) is 9.56. The summed E-state index contributed by atoms with van der Waals surface area (Å²) in [7, 11) is 1.84. The monoisotopic (exact) mass is 297 g/mol. The van der Waals surface area contributed by atoms with Crippen LogP contribution in [-0.2, 0) is 4.79 Å². The van der Waals surface area contributed by atoms with Crippen molar-refractivity contribution in [2.24, 2.45) is 10.4 Å². The molecule has 1 saturated carbocycles. The molecule has 0 aromatic heterocycles. The standard InChI is InChI=1S/C15H27N3OS/c1-4-18(3)13(19)12(2)17-14-16-10-15(11-20-14)8-6-5-7-9-15/h12H,4-11H2,1-3H3,(H,16,17). The molecule has 0 radical (unpaired) electrons. The van der Waals surface area contributed by atoms with Gasteiger partial charge < -0.3 is 10.2 Å². The first-order valence-electron chi connectivity index (χ1n) is 7.75. The summed E-state index contributed by atoms with van der Waals surface area (Å²) >= 11 is 1.80. The molecule has 1 unspecified atom stereocenters. The molecule has 1 spiro atoms. The molecule has 0 aromatic rings. The van der Waals surface area contributed by atoms with E-state index in [1.165, 1.54) is 32.1 Å². The van der Waals surface area contributed by atoms with Crippen molar-refractivity contribution in [3.63, 3.8) is 0 Å². The van der Waals surface area contributed by atoms with Gasteiger partial charge in [-0.05, 0) is 32.1 Å². The lowest BCUT2D eigenvalue weighted by Gasteiger charge is -2.38. The lowest BCUT2D eigenvalue weighted by molar-refractivity contribution is -0.131. The lowest BCUT2D eigenvalue weighted by Crippen LogP contribution is -2.46. The Morgan fingerprint density at radius 2 is 2.15 bits per heavy atom. The van der Waals surface area contributed by atoms with Crippen LogP contribution >= 0.6 is 11.8 Å². The summed E-state index contributed by atoms with van der Waals surface area (Å²) in [5.74, 6) is 1.29. The second kappa shape index (κ2) is 6.83. The van der Waals surface area contributed by atoms with Gasteiger partial charge in [0, 0.05) is 25.9 Å². The van der Waals surface area contributed by atoms with Crippen LogP contribution in [0.5, 0.6) is 0 Å². The molecule has 1 heterocycles. The number of hydrogen-bond donors (Lipinski definition) is 1. The van der Waals surface area contributed by atoms with E-state index in [1.807, 2.05) is 20.9 Å². The molecule has 4 nitrogen and oxygen atoms in total. The van der Waals surface area contributed by atoms with Gasteiger partial charge in [-0.25, -0.2) is 0 Å². The van der Waals surface area contributed by atoms with E-state index in [0.717, 1.165) is 24.0 Å². The van der Waals surface area contributed by atoms with E-state index in [0.29, 0.717) is 5.41 Å². The molecule has 1 aliphatic carbocycles. The van der Waals surface area contributed by atoms with Crippen LogP contribution in [-0.4, -0.2) is 47.9 Å². The van der Waals surface area contributed by atoms with Gasteiger partial charge in [0.25, 0.3) is 0 Å². The van der Waals surface area contributed by atoms with Crippen molar-refractivity contribution in [2.45, 2.75) is 52.0 Å². The zero-order valence-electron chi connectivity index (χ0n) is 12.9. The van der Waals surface area contributed by atoms with E-state index in [9.17, 15) is 4.79 Å². The van der Waals surface area contributed by atoms with Crippen molar-refractivity contribution in [3.05, 3.63) is 0 Å². The molecule has 5 heteroatoms. The van der Waals surface area contributed by atoms with Crippen LogP contribution in [0, 0.1) is 5.41 Å². The molecule has 1 fully saturated rings. The van der Waals surface area contributed by atoms with Gasteiger partial charge in [0.05, 0.1) is 0 Å². The molecule has 1 amide bonds. The maximum atomic E-state index is 12.0. The van der Waals surface area contributed by atoms with Gasteiger partial charge in [0.15, 0.2) is 5.17 Å². The van der Waals surface area contributed by atoms with E-state index < -0.39 is 0 Å². The van der Waals surface area contributed by atoms with E-state index in [-0.39, 0.29) is 11.9 Å². The molecular weight excluding hydrogens is 270 g/mol. The summed E-state index contributed by atoms with van der Waals surface area (Å²) in [5.41, 5.74) is 0.446. The molecule has 2 rings (SSSR count). The number of amides is 1. The van der Waals surface area contributed by atoms with Crippen LogP contribution < -0.4 is 5.32 Å². The zero-order valence-corrected chi connectivity index (χ0v) is 13.8. The molecule has 1 aliphatic heterocycles. The number of amidine groups is 1. The van der Waals surface area contributed by atoms with E-state index in [1.54, 1.807) is 16.7 Å². The molecule has 0 saturated heterocycles. The van der Waals surface area contributed by atoms with Gasteiger partial charge in [0.2, 0.25) is 5.91 Å². The first-order valence-corrected chi connectivity index (χ1v) is 8.74. The predicted octanol–water partition coefficient (Wildman–Crippen LogP) is 2.50. The lowest BCUT2D eigenvalue weighted by atomic mass is 9.75. The average Bonchev–Trinajstić information content (AvgIpc) is 2.49. The summed E-state index contributed by atoms with van der Waals surface area (Å²) in [6.07, 6.45) is 6.74. The molecule has 114 valence electrons. The molecule has 1 N–H and O–H groups in total. The Hall–Kier alpha value is -0.710. The maximum absolute atomic E-state index is 12.0. The third-order valence-corrected chi connectivity index (χ3v) is 5.83. The van der Waals surface area contributed by atoms with Gasteiger partial charge in [-0.3, -0.25) is 9.79 Å². The van der Waals surface area contributed by atoms with Crippen molar-refractivity contribution >= 4 is 22.8 Å². The zero-order chi connectivity index (χ0) is 14.6. The molecule has 2 aliphatic rings. The minimum absolute atomic E-state index is 0.133. The summed E-state index contributed by atoms with van der Waals surface area (Å²) in [6, 6.07) is -0.188. The largest absolute Gasteiger partial charge is 0.353 e. The van der Waals surface area contributed by atoms with Gasteiger partial charge in [-0.1, -0.05) is 31.0 Å². The summed E-state index contributed by atoms with van der Waals surface area (Å²) < 4.78 is 0. The van der Waals surface area contributed by atoms with Gasteiger partial charge in [0.1, 0.15) is 6.04 Å². The molecule has 1 atom stereocenters. The van der Waals surface area contributed by atoms with E-state index >= 15 is 0 Å². The van der Waals surface area contributed by atoms with Crippen molar-refractivity contribution in [2.75, 3.05) is 25.9 Å². The highest BCUT2D eigenvalue weighted by Gasteiger charge is 2.35. The smallest absolute Gasteiger partial charge is 0.244 e. The number of nitrogens with one attached hydrogen (secondary N) is 1. The second-order valence-corrected chi connectivity index (χ2v) is 7.15. The van der Waals surface area contributed by atoms with Crippen molar-refractivity contribution in [1.82, 2.24) is 10.2 Å². The highest BCUT2D eigenvalue weighted by Crippen LogP contribution is 2.41. The number of thioether (sulfide) groups is 1. The number of nitrogens with zero attached hydrogens (tertiary/aromatic N) is 2. The highest BCUT2D eigenvalue weighted by molar-refractivity contribution is 8.13. The summed E-state index contributed by atoms with van der Waals surface area (Å²) in [5, 5.41) is 4.23. The van der Waals surface area contributed by atoms with E-state index in [4.69, 9.17) is 4.99 Å². The number of carbonyl (C=O) groups excluding carboxylic acids is 1. The number of aliphatic imine (C=N–C) groups is 1. The fourth-order valence-electron chi connectivity index (χ4n) is 2.98. The number of rotatable bonds is 3. The molecule has 20 heavy (non-hydrogen) atoms. The second-order valence-electron chi connectivity index (χ2n) is 6.19. The minimum atomic E-state index is -0.188. The van der Waals surface area contributed by atoms with Crippen molar-refractivity contribution in [3.8, 4) is 0 Å². The summed E-state index contributed by atoms with van der Waals surface area (Å²) in [6.45, 7) is 5.59. The first kappa shape index (κ1) is 15.7. The summed E-state index contributed by atoms with van der Waals surface area (Å²) in [4.78, 5) is 18.5. The van der Waals surface area contributed by atoms with Crippen LogP contribution in [0.15, 0.2) is 4.99 Å². The number of hydrogen-bond acceptors (Lipinski definition) is 4. The number of carbonyl (C=O) groups is 1. The van der Waals surface area contributed by atoms with Crippen LogP contribution in [0.3, 0.4) is 0 Å². The Morgan fingerprint density at radius 3 is 2.70 bits per heavy atom. The van der Waals surface area contributed by atoms with Crippen LogP contribution in [0.2, 0.25) is 0 Å². The van der Waals surface area contributed by atoms with E-state index in [2.05, 4.69) is 5.32 Å². The Morgan fingerprint density at radius 1 is 1.45 bits per heavy atom. The minimum Gasteiger partial charge on any atom is -0.353 e. The predicted molar refractivity (Wildman–Crippen MR) is 86.2 cm³/mol. The Bertz CT molecular complexity index is 377. The van der Waals surface area contributed by atoms with Crippen LogP contribution in [0.4, 0.5) is 0 Å². The third kappa shape index (κ3) is 3.68. The fraction of sp³-hybridized carbons (Fsp3) is 0.867.